The first-order valence-electron chi connectivity index (χ1n) is 10.8. The summed E-state index contributed by atoms with van der Waals surface area (Å²) in [6.07, 6.45) is 5.40. The van der Waals surface area contributed by atoms with Gasteiger partial charge in [0.1, 0.15) is 0 Å². The smallest absolute Gasteiger partial charge is 0.234 e. The van der Waals surface area contributed by atoms with Gasteiger partial charge in [0.2, 0.25) is 11.8 Å². The van der Waals surface area contributed by atoms with E-state index in [1.807, 2.05) is 4.90 Å². The molecule has 2 heterocycles. The molecule has 2 N–H and O–H groups in total. The molecule has 0 spiro atoms. The molecule has 0 aromatic heterocycles. The molecular weight excluding hydrogens is 342 g/mol. The van der Waals surface area contributed by atoms with E-state index in [-0.39, 0.29) is 11.8 Å². The van der Waals surface area contributed by atoms with Crippen molar-refractivity contribution in [2.75, 3.05) is 65.4 Å². The largest absolute Gasteiger partial charge is 0.352 e. The summed E-state index contributed by atoms with van der Waals surface area (Å²) >= 11 is 0. The Morgan fingerprint density at radius 3 is 2.41 bits per heavy atom. The number of carbonyl (C=O) groups is 2. The van der Waals surface area contributed by atoms with Gasteiger partial charge in [-0.25, -0.2) is 0 Å². The molecule has 2 amide bonds. The van der Waals surface area contributed by atoms with Crippen molar-refractivity contribution < 1.29 is 9.59 Å². The molecule has 7 heteroatoms. The lowest BCUT2D eigenvalue weighted by Gasteiger charge is -2.35. The van der Waals surface area contributed by atoms with Crippen LogP contribution in [0.3, 0.4) is 0 Å². The quantitative estimate of drug-likeness (QED) is 0.686. The van der Waals surface area contributed by atoms with Gasteiger partial charge in [-0.1, -0.05) is 19.8 Å². The highest BCUT2D eigenvalue weighted by molar-refractivity contribution is 5.78. The fourth-order valence-electron chi connectivity index (χ4n) is 4.54. The van der Waals surface area contributed by atoms with Crippen LogP contribution in [0.2, 0.25) is 0 Å². The topological polar surface area (TPSA) is 67.9 Å². The molecule has 3 fully saturated rings. The normalized spacial score (nSPS) is 28.1. The second-order valence-electron chi connectivity index (χ2n) is 8.53. The summed E-state index contributed by atoms with van der Waals surface area (Å²) in [7, 11) is 0. The molecule has 7 nitrogen and oxygen atoms in total. The molecule has 2 aliphatic heterocycles. The van der Waals surface area contributed by atoms with Gasteiger partial charge in [-0.15, -0.1) is 0 Å². The molecule has 1 saturated carbocycles. The van der Waals surface area contributed by atoms with Crippen LogP contribution >= 0.6 is 0 Å². The second-order valence-corrected chi connectivity index (χ2v) is 8.53. The zero-order chi connectivity index (χ0) is 19.1. The second kappa shape index (κ2) is 10.4. The van der Waals surface area contributed by atoms with Crippen molar-refractivity contribution in [3.63, 3.8) is 0 Å². The van der Waals surface area contributed by atoms with Crippen molar-refractivity contribution in [1.29, 1.82) is 0 Å². The lowest BCUT2D eigenvalue weighted by molar-refractivity contribution is -0.132. The van der Waals surface area contributed by atoms with Crippen molar-refractivity contribution in [1.82, 2.24) is 25.3 Å². The molecule has 1 aliphatic carbocycles. The average molecular weight is 380 g/mol. The number of amides is 2. The third kappa shape index (κ3) is 6.73. The molecule has 0 aromatic rings. The van der Waals surface area contributed by atoms with E-state index in [0.29, 0.717) is 19.0 Å². The summed E-state index contributed by atoms with van der Waals surface area (Å²) in [5.41, 5.74) is 0. The van der Waals surface area contributed by atoms with Crippen LogP contribution in [0.4, 0.5) is 0 Å². The van der Waals surface area contributed by atoms with Crippen LogP contribution in [0, 0.1) is 5.92 Å². The Morgan fingerprint density at radius 2 is 1.70 bits per heavy atom. The van der Waals surface area contributed by atoms with E-state index in [1.54, 1.807) is 0 Å². The molecule has 3 rings (SSSR count). The summed E-state index contributed by atoms with van der Waals surface area (Å²) in [5, 5.41) is 6.52. The molecule has 154 valence electrons. The predicted octanol–water partition coefficient (Wildman–Crippen LogP) is 0.121. The first-order chi connectivity index (χ1) is 13.1. The van der Waals surface area contributed by atoms with Crippen molar-refractivity contribution in [3.05, 3.63) is 0 Å². The Kier molecular flexibility index (Phi) is 7.91. The SMILES string of the molecule is CC1CCCC(NC(=O)CN2CCN(CCC(=O)N3CCNCC3)CC2)C1. The zero-order valence-electron chi connectivity index (χ0n) is 16.9. The molecule has 0 bridgehead atoms. The summed E-state index contributed by atoms with van der Waals surface area (Å²) < 4.78 is 0. The Hall–Kier alpha value is -1.18. The number of carbonyl (C=O) groups excluding carboxylic acids is 2. The van der Waals surface area contributed by atoms with E-state index >= 15 is 0 Å². The van der Waals surface area contributed by atoms with E-state index in [9.17, 15) is 9.59 Å². The number of hydrogen-bond donors (Lipinski definition) is 2. The number of nitrogens with one attached hydrogen (secondary N) is 2. The summed E-state index contributed by atoms with van der Waals surface area (Å²) in [4.78, 5) is 31.2. The predicted molar refractivity (Wildman–Crippen MR) is 107 cm³/mol. The van der Waals surface area contributed by atoms with Gasteiger partial charge in [-0.05, 0) is 18.8 Å². The fraction of sp³-hybridized carbons (Fsp3) is 0.900. The minimum atomic E-state index is 0.177. The first kappa shape index (κ1) is 20.6. The van der Waals surface area contributed by atoms with E-state index < -0.39 is 0 Å². The van der Waals surface area contributed by atoms with Crippen LogP contribution in [0.25, 0.3) is 0 Å². The molecular formula is C20H37N5O2. The molecule has 27 heavy (non-hydrogen) atoms. The van der Waals surface area contributed by atoms with E-state index in [1.165, 1.54) is 12.8 Å². The Balaban J connectivity index is 1.29. The van der Waals surface area contributed by atoms with E-state index in [2.05, 4.69) is 27.4 Å². The van der Waals surface area contributed by atoms with Crippen LogP contribution in [0.1, 0.15) is 39.0 Å². The number of piperazine rings is 2. The van der Waals surface area contributed by atoms with Crippen molar-refractivity contribution in [2.24, 2.45) is 5.92 Å². The lowest BCUT2D eigenvalue weighted by Crippen LogP contribution is -2.51. The molecule has 0 radical (unpaired) electrons. The molecule has 0 aromatic carbocycles. The maximum atomic E-state index is 12.3. The van der Waals surface area contributed by atoms with Crippen LogP contribution in [-0.4, -0.2) is 98.0 Å². The highest BCUT2D eigenvalue weighted by atomic mass is 16.2. The highest BCUT2D eigenvalue weighted by Crippen LogP contribution is 2.23. The molecule has 2 saturated heterocycles. The minimum Gasteiger partial charge on any atom is -0.352 e. The summed E-state index contributed by atoms with van der Waals surface area (Å²) in [6, 6.07) is 0.374. The van der Waals surface area contributed by atoms with Gasteiger partial charge in [0.15, 0.2) is 0 Å². The van der Waals surface area contributed by atoms with Crippen molar-refractivity contribution in [3.8, 4) is 0 Å². The minimum absolute atomic E-state index is 0.177. The maximum Gasteiger partial charge on any atom is 0.234 e. The molecule has 2 atom stereocenters. The van der Waals surface area contributed by atoms with Crippen LogP contribution < -0.4 is 10.6 Å². The van der Waals surface area contributed by atoms with E-state index in [4.69, 9.17) is 0 Å². The zero-order valence-corrected chi connectivity index (χ0v) is 16.9. The van der Waals surface area contributed by atoms with E-state index in [0.717, 1.165) is 77.7 Å². The van der Waals surface area contributed by atoms with Gasteiger partial charge >= 0.3 is 0 Å². The monoisotopic (exact) mass is 379 g/mol. The highest BCUT2D eigenvalue weighted by Gasteiger charge is 2.24. The Labute approximate surface area is 163 Å². The van der Waals surface area contributed by atoms with Crippen molar-refractivity contribution >= 4 is 11.8 Å². The number of hydrogen-bond acceptors (Lipinski definition) is 5. The standard InChI is InChI=1S/C20H37N5O2/c1-17-3-2-4-18(15-17)22-19(26)16-24-13-11-23(12-14-24)8-5-20(27)25-9-6-21-7-10-25/h17-18,21H,2-16H2,1H3,(H,22,26). The van der Waals surface area contributed by atoms with Crippen molar-refractivity contribution in [2.45, 2.75) is 45.1 Å². The summed E-state index contributed by atoms with van der Waals surface area (Å²) in [6.45, 7) is 10.8. The third-order valence-corrected chi connectivity index (χ3v) is 6.25. The van der Waals surface area contributed by atoms with Gasteiger partial charge in [-0.2, -0.15) is 0 Å². The van der Waals surface area contributed by atoms with Gasteiger partial charge in [0.25, 0.3) is 0 Å². The van der Waals surface area contributed by atoms with Crippen LogP contribution in [0.15, 0.2) is 0 Å². The van der Waals surface area contributed by atoms with Gasteiger partial charge in [0, 0.05) is 71.4 Å². The van der Waals surface area contributed by atoms with Gasteiger partial charge in [0.05, 0.1) is 6.54 Å². The van der Waals surface area contributed by atoms with Gasteiger partial charge < -0.3 is 20.4 Å². The van der Waals surface area contributed by atoms with Crippen LogP contribution in [-0.2, 0) is 9.59 Å². The third-order valence-electron chi connectivity index (χ3n) is 6.25. The average Bonchev–Trinajstić information content (AvgIpc) is 2.68. The Morgan fingerprint density at radius 1 is 1.00 bits per heavy atom. The molecule has 2 unspecified atom stereocenters. The summed E-state index contributed by atoms with van der Waals surface area (Å²) in [5.74, 6) is 1.19. The fourth-order valence-corrected chi connectivity index (χ4v) is 4.54. The van der Waals surface area contributed by atoms with Crippen LogP contribution in [0.5, 0.6) is 0 Å². The lowest BCUT2D eigenvalue weighted by atomic mass is 9.87. The first-order valence-corrected chi connectivity index (χ1v) is 10.8. The maximum absolute atomic E-state index is 12.3. The Bertz CT molecular complexity index is 487. The number of nitrogens with zero attached hydrogens (tertiary/aromatic N) is 3. The number of rotatable bonds is 6. The van der Waals surface area contributed by atoms with Gasteiger partial charge in [-0.3, -0.25) is 14.5 Å². The molecule has 3 aliphatic rings.